The third-order valence-corrected chi connectivity index (χ3v) is 3.72. The van der Waals surface area contributed by atoms with Gasteiger partial charge in [-0.1, -0.05) is 11.8 Å². The number of rotatable bonds is 3. The first-order valence-corrected chi connectivity index (χ1v) is 6.23. The average molecular weight is 274 g/mol. The van der Waals surface area contributed by atoms with Crippen molar-refractivity contribution in [1.29, 1.82) is 0 Å². The van der Waals surface area contributed by atoms with Crippen LogP contribution in [0.1, 0.15) is 0 Å². The fourth-order valence-corrected chi connectivity index (χ4v) is 2.56. The van der Waals surface area contributed by atoms with Gasteiger partial charge >= 0.3 is 0 Å². The lowest BCUT2D eigenvalue weighted by molar-refractivity contribution is 0.140. The van der Waals surface area contributed by atoms with Crippen LogP contribution in [0.5, 0.6) is 0 Å². The van der Waals surface area contributed by atoms with E-state index in [0.29, 0.717) is 16.6 Å². The summed E-state index contributed by atoms with van der Waals surface area (Å²) >= 11 is 1.31. The molecule has 0 amide bonds. The normalized spacial score (nSPS) is 17.7. The molecule has 0 spiro atoms. The van der Waals surface area contributed by atoms with E-state index in [9.17, 15) is 8.78 Å². The van der Waals surface area contributed by atoms with Crippen LogP contribution in [-0.2, 0) is 0 Å². The summed E-state index contributed by atoms with van der Waals surface area (Å²) in [6.07, 6.45) is 0. The Kier molecular flexibility index (Phi) is 3.84. The molecule has 3 N–H and O–H groups in total. The largest absolute Gasteiger partial charge is 0.394 e. The molecular weight excluding hydrogens is 262 g/mol. The minimum atomic E-state index is -0.945. The van der Waals surface area contributed by atoms with E-state index in [-0.39, 0.29) is 13.2 Å². The molecule has 0 radical (unpaired) electrons. The molecule has 18 heavy (non-hydrogen) atoms. The predicted molar refractivity (Wildman–Crippen MR) is 66.8 cm³/mol. The summed E-state index contributed by atoms with van der Waals surface area (Å²) in [6, 6.07) is 3.43. The molecule has 1 aromatic carbocycles. The highest BCUT2D eigenvalue weighted by Crippen LogP contribution is 2.28. The molecule has 0 bridgehead atoms. The monoisotopic (exact) mass is 274 g/mol. The maximum Gasteiger partial charge on any atom is 0.161 e. The Bertz CT molecular complexity index is 478. The second-order valence-corrected chi connectivity index (χ2v) is 4.96. The molecule has 0 aliphatic carbocycles. The van der Waals surface area contributed by atoms with Crippen LogP contribution in [0.15, 0.2) is 23.2 Å². The number of benzene rings is 1. The Morgan fingerprint density at radius 2 is 2.00 bits per heavy atom. The second-order valence-electron chi connectivity index (χ2n) is 4.00. The molecule has 1 aliphatic rings. The van der Waals surface area contributed by atoms with Gasteiger partial charge in [0.15, 0.2) is 16.8 Å². The highest BCUT2D eigenvalue weighted by Gasteiger charge is 2.34. The number of nitrogens with zero attached hydrogens (tertiary/aromatic N) is 1. The van der Waals surface area contributed by atoms with Gasteiger partial charge in [-0.2, -0.15) is 0 Å². The number of thioether (sulfide) groups is 1. The van der Waals surface area contributed by atoms with Crippen LogP contribution in [0, 0.1) is 11.6 Å². The molecule has 1 aromatic rings. The van der Waals surface area contributed by atoms with Crippen molar-refractivity contribution in [3.8, 4) is 0 Å². The molecule has 0 fully saturated rings. The first-order chi connectivity index (χ1) is 8.58. The number of anilines is 1. The number of hydrogen-bond donors (Lipinski definition) is 3. The van der Waals surface area contributed by atoms with Gasteiger partial charge in [-0.15, -0.1) is 0 Å². The van der Waals surface area contributed by atoms with Crippen molar-refractivity contribution in [3.63, 3.8) is 0 Å². The van der Waals surface area contributed by atoms with Gasteiger partial charge in [-0.25, -0.2) is 13.8 Å². The zero-order valence-corrected chi connectivity index (χ0v) is 10.2. The van der Waals surface area contributed by atoms with Crippen molar-refractivity contribution in [2.45, 2.75) is 5.54 Å². The number of amidine groups is 1. The van der Waals surface area contributed by atoms with Crippen molar-refractivity contribution >= 4 is 22.6 Å². The SMILES string of the molecule is OCC1(CO)CSC(Nc2ccc(F)c(F)c2)=N1. The molecule has 2 rings (SSSR count). The zero-order valence-electron chi connectivity index (χ0n) is 9.36. The van der Waals surface area contributed by atoms with Crippen LogP contribution in [0.2, 0.25) is 0 Å². The lowest BCUT2D eigenvalue weighted by atomic mass is 10.1. The molecule has 0 atom stereocenters. The molecule has 4 nitrogen and oxygen atoms in total. The first-order valence-electron chi connectivity index (χ1n) is 5.25. The van der Waals surface area contributed by atoms with Crippen molar-refractivity contribution in [1.82, 2.24) is 0 Å². The highest BCUT2D eigenvalue weighted by atomic mass is 32.2. The maximum atomic E-state index is 13.0. The fraction of sp³-hybridized carbons (Fsp3) is 0.364. The topological polar surface area (TPSA) is 64.8 Å². The summed E-state index contributed by atoms with van der Waals surface area (Å²) in [4.78, 5) is 4.16. The zero-order chi connectivity index (χ0) is 13.2. The lowest BCUT2D eigenvalue weighted by Gasteiger charge is -2.18. The first kappa shape index (κ1) is 13.3. The summed E-state index contributed by atoms with van der Waals surface area (Å²) in [5, 5.41) is 21.6. The van der Waals surface area contributed by atoms with Crippen LogP contribution >= 0.6 is 11.8 Å². The van der Waals surface area contributed by atoms with Crippen LogP contribution in [0.25, 0.3) is 0 Å². The van der Waals surface area contributed by atoms with E-state index in [4.69, 9.17) is 10.2 Å². The van der Waals surface area contributed by atoms with E-state index in [1.54, 1.807) is 0 Å². The molecule has 1 heterocycles. The smallest absolute Gasteiger partial charge is 0.161 e. The summed E-state index contributed by atoms with van der Waals surface area (Å²) in [5.41, 5.74) is -0.530. The van der Waals surface area contributed by atoms with Gasteiger partial charge in [0.05, 0.1) is 13.2 Å². The van der Waals surface area contributed by atoms with E-state index < -0.39 is 17.2 Å². The Hall–Kier alpha value is -1.18. The van der Waals surface area contributed by atoms with Crippen molar-refractivity contribution < 1.29 is 19.0 Å². The molecule has 0 unspecified atom stereocenters. The number of hydrogen-bond acceptors (Lipinski definition) is 5. The van der Waals surface area contributed by atoms with Crippen molar-refractivity contribution in [2.24, 2.45) is 4.99 Å². The van der Waals surface area contributed by atoms with Crippen molar-refractivity contribution in [3.05, 3.63) is 29.8 Å². The standard InChI is InChI=1S/C11H12F2N2O2S/c12-8-2-1-7(3-9(8)13)14-10-15-11(4-16,5-17)6-18-10/h1-3,16-17H,4-6H2,(H,14,15). The highest BCUT2D eigenvalue weighted by molar-refractivity contribution is 8.14. The number of aliphatic imine (C=N–C) groups is 1. The van der Waals surface area contributed by atoms with E-state index in [1.807, 2.05) is 0 Å². The number of aliphatic hydroxyl groups is 2. The maximum absolute atomic E-state index is 13.0. The summed E-state index contributed by atoms with van der Waals surface area (Å²) in [5.74, 6) is -1.42. The van der Waals surface area contributed by atoms with Crippen molar-refractivity contribution in [2.75, 3.05) is 24.3 Å². The Labute approximate surface area is 107 Å². The molecule has 0 aromatic heterocycles. The molecule has 0 saturated heterocycles. The third-order valence-electron chi connectivity index (χ3n) is 2.58. The van der Waals surface area contributed by atoms with E-state index in [0.717, 1.165) is 12.1 Å². The van der Waals surface area contributed by atoms with E-state index in [2.05, 4.69) is 10.3 Å². The number of nitrogens with one attached hydrogen (secondary N) is 1. The van der Waals surface area contributed by atoms with Crippen LogP contribution in [0.3, 0.4) is 0 Å². The summed E-state index contributed by atoms with van der Waals surface area (Å²) in [6.45, 7) is -0.529. The Morgan fingerprint density at radius 3 is 2.56 bits per heavy atom. The van der Waals surface area contributed by atoms with Gasteiger partial charge in [-0.3, -0.25) is 0 Å². The minimum absolute atomic E-state index is 0.264. The summed E-state index contributed by atoms with van der Waals surface area (Å²) < 4.78 is 25.7. The number of aliphatic hydroxyl groups excluding tert-OH is 2. The Morgan fingerprint density at radius 1 is 1.28 bits per heavy atom. The Balaban J connectivity index is 2.13. The van der Waals surface area contributed by atoms with Crippen LogP contribution in [-0.4, -0.2) is 39.9 Å². The van der Waals surface area contributed by atoms with Gasteiger partial charge in [0.25, 0.3) is 0 Å². The quantitative estimate of drug-likeness (QED) is 0.775. The van der Waals surface area contributed by atoms with E-state index in [1.165, 1.54) is 17.8 Å². The molecule has 1 aliphatic heterocycles. The molecular formula is C11H12F2N2O2S. The summed E-state index contributed by atoms with van der Waals surface area (Å²) in [7, 11) is 0. The third kappa shape index (κ3) is 2.63. The van der Waals surface area contributed by atoms with Gasteiger partial charge in [-0.05, 0) is 12.1 Å². The molecule has 0 saturated carbocycles. The van der Waals surface area contributed by atoms with Gasteiger partial charge < -0.3 is 15.5 Å². The van der Waals surface area contributed by atoms with Gasteiger partial charge in [0.2, 0.25) is 0 Å². The average Bonchev–Trinajstić information content (AvgIpc) is 2.78. The van der Waals surface area contributed by atoms with Gasteiger partial charge in [0.1, 0.15) is 5.54 Å². The fourth-order valence-electron chi connectivity index (χ4n) is 1.46. The molecule has 98 valence electrons. The van der Waals surface area contributed by atoms with Crippen LogP contribution in [0.4, 0.5) is 14.5 Å². The lowest BCUT2D eigenvalue weighted by Crippen LogP contribution is -2.36. The van der Waals surface area contributed by atoms with E-state index >= 15 is 0 Å². The number of halogens is 2. The second kappa shape index (κ2) is 5.21. The predicted octanol–water partition coefficient (Wildman–Crippen LogP) is 1.20. The van der Waals surface area contributed by atoms with Crippen LogP contribution < -0.4 is 5.32 Å². The minimum Gasteiger partial charge on any atom is -0.394 e. The molecule has 7 heteroatoms. The van der Waals surface area contributed by atoms with Gasteiger partial charge in [0, 0.05) is 17.5 Å².